The molecule has 7 heteroatoms. The van der Waals surface area contributed by atoms with Crippen molar-refractivity contribution in [3.05, 3.63) is 83.1 Å². The first-order valence-electron chi connectivity index (χ1n) is 11.1. The molecule has 0 aliphatic rings. The van der Waals surface area contributed by atoms with Gasteiger partial charge in [-0.25, -0.2) is 4.98 Å². The number of aryl methyl sites for hydroxylation is 1. The van der Waals surface area contributed by atoms with Gasteiger partial charge in [-0.1, -0.05) is 42.5 Å². The molecule has 0 saturated carbocycles. The lowest BCUT2D eigenvalue weighted by atomic mass is 10.1. The van der Waals surface area contributed by atoms with Gasteiger partial charge in [-0.3, -0.25) is 9.69 Å². The summed E-state index contributed by atoms with van der Waals surface area (Å²) in [5, 5.41) is 0. The normalized spacial score (nSPS) is 11.3. The summed E-state index contributed by atoms with van der Waals surface area (Å²) >= 11 is 0. The van der Waals surface area contributed by atoms with E-state index in [4.69, 9.17) is 13.9 Å². The van der Waals surface area contributed by atoms with Crippen molar-refractivity contribution in [1.82, 2.24) is 9.88 Å². The molecule has 0 spiro atoms. The average Bonchev–Trinajstić information content (AvgIpc) is 3.15. The Morgan fingerprint density at radius 3 is 2.45 bits per heavy atom. The zero-order valence-corrected chi connectivity index (χ0v) is 20.4. The number of carbonyl (C=O) groups excluding carboxylic acids is 1. The highest BCUT2D eigenvalue weighted by atomic mass is 31.1. The predicted octanol–water partition coefficient (Wildman–Crippen LogP) is 4.90. The molecule has 0 fully saturated rings. The molecule has 3 aromatic rings. The van der Waals surface area contributed by atoms with Crippen LogP contribution in [-0.4, -0.2) is 48.1 Å². The minimum Gasteiger partial charge on any atom is -0.493 e. The van der Waals surface area contributed by atoms with E-state index in [1.54, 1.807) is 0 Å². The van der Waals surface area contributed by atoms with Crippen LogP contribution in [-0.2, 0) is 29.0 Å². The van der Waals surface area contributed by atoms with E-state index in [2.05, 4.69) is 22.0 Å². The summed E-state index contributed by atoms with van der Waals surface area (Å²) < 4.78 is 16.7. The minimum atomic E-state index is -0.212. The molecule has 0 bridgehead atoms. The van der Waals surface area contributed by atoms with E-state index in [0.717, 1.165) is 36.5 Å². The molecule has 3 rings (SSSR count). The van der Waals surface area contributed by atoms with Crippen LogP contribution in [0.5, 0.6) is 5.75 Å². The first-order valence-corrected chi connectivity index (χ1v) is 12.5. The number of hydrogen-bond donors (Lipinski definition) is 0. The van der Waals surface area contributed by atoms with Gasteiger partial charge in [0.15, 0.2) is 0 Å². The number of nitrogens with zero attached hydrogens (tertiary/aromatic N) is 2. The number of benzene rings is 2. The van der Waals surface area contributed by atoms with Crippen LogP contribution < -0.4 is 4.74 Å². The van der Waals surface area contributed by atoms with Crippen LogP contribution in [0.4, 0.5) is 0 Å². The van der Waals surface area contributed by atoms with Crippen molar-refractivity contribution in [3.63, 3.8) is 0 Å². The Bertz CT molecular complexity index is 1030. The first kappa shape index (κ1) is 24.7. The smallest absolute Gasteiger partial charge is 0.320 e. The lowest BCUT2D eigenvalue weighted by molar-refractivity contribution is -0.144. The second kappa shape index (κ2) is 12.9. The fourth-order valence-electron chi connectivity index (χ4n) is 3.46. The molecular weight excluding hydrogens is 435 g/mol. The summed E-state index contributed by atoms with van der Waals surface area (Å²) in [4.78, 5) is 18.7. The lowest BCUT2D eigenvalue weighted by Gasteiger charge is -2.21. The molecule has 0 saturated heterocycles. The Morgan fingerprint density at radius 1 is 1.09 bits per heavy atom. The Balaban J connectivity index is 1.55. The molecular formula is C26H31N2O4P. The fraction of sp³-hybridized carbons (Fsp3) is 0.346. The van der Waals surface area contributed by atoms with Gasteiger partial charge in [0.25, 0.3) is 0 Å². The molecule has 1 heterocycles. The van der Waals surface area contributed by atoms with Crippen LogP contribution in [0.3, 0.4) is 0 Å². The summed E-state index contributed by atoms with van der Waals surface area (Å²) in [5.74, 6) is 4.04. The number of esters is 1. The summed E-state index contributed by atoms with van der Waals surface area (Å²) in [6.07, 6.45) is 0.690. The van der Waals surface area contributed by atoms with Crippen LogP contribution in [0.15, 0.2) is 59.0 Å². The topological polar surface area (TPSA) is 64.8 Å². The molecule has 0 atom stereocenters. The minimum absolute atomic E-state index is 0.212. The van der Waals surface area contributed by atoms with Crippen LogP contribution >= 0.6 is 8.20 Å². The molecule has 0 aliphatic carbocycles. The number of oxazole rings is 1. The molecule has 0 radical (unpaired) electrons. The second-order valence-electron chi connectivity index (χ2n) is 7.62. The van der Waals surface area contributed by atoms with Gasteiger partial charge >= 0.3 is 5.97 Å². The number of ether oxygens (including phenoxy) is 2. The lowest BCUT2D eigenvalue weighted by Crippen LogP contribution is -2.30. The summed E-state index contributed by atoms with van der Waals surface area (Å²) in [6.45, 7) is 8.25. The largest absolute Gasteiger partial charge is 0.493 e. The third-order valence-corrected chi connectivity index (χ3v) is 5.47. The van der Waals surface area contributed by atoms with Crippen molar-refractivity contribution >= 4 is 20.0 Å². The molecule has 174 valence electrons. The van der Waals surface area contributed by atoms with E-state index in [1.165, 1.54) is 0 Å². The van der Waals surface area contributed by atoms with Crippen molar-refractivity contribution in [1.29, 1.82) is 0 Å². The summed E-state index contributed by atoms with van der Waals surface area (Å²) in [6, 6.07) is 18.1. The Hall–Kier alpha value is -2.95. The van der Waals surface area contributed by atoms with Gasteiger partial charge in [0.05, 0.1) is 25.5 Å². The molecule has 0 aliphatic heterocycles. The maximum absolute atomic E-state index is 12.1. The SMILES string of the molecule is CCOC(=O)CN(Cc1ccccc1)Cc1ccc(OCCc2nc(C=PC)oc2C)cc1. The third-order valence-electron chi connectivity index (χ3n) is 4.99. The third kappa shape index (κ3) is 8.16. The molecule has 0 amide bonds. The van der Waals surface area contributed by atoms with Gasteiger partial charge in [-0.2, -0.15) is 0 Å². The predicted molar refractivity (Wildman–Crippen MR) is 132 cm³/mol. The maximum atomic E-state index is 12.1. The van der Waals surface area contributed by atoms with Crippen molar-refractivity contribution in [3.8, 4) is 5.75 Å². The molecule has 33 heavy (non-hydrogen) atoms. The number of carbonyl (C=O) groups is 1. The average molecular weight is 467 g/mol. The quantitative estimate of drug-likeness (QED) is 0.280. The van der Waals surface area contributed by atoms with Gasteiger partial charge < -0.3 is 13.9 Å². The summed E-state index contributed by atoms with van der Waals surface area (Å²) in [7, 11) is 1.12. The number of rotatable bonds is 12. The van der Waals surface area contributed by atoms with Crippen LogP contribution in [0.1, 0.15) is 35.4 Å². The molecule has 0 N–H and O–H groups in total. The molecule has 6 nitrogen and oxygen atoms in total. The van der Waals surface area contributed by atoms with Crippen LogP contribution in [0, 0.1) is 6.92 Å². The van der Waals surface area contributed by atoms with E-state index in [-0.39, 0.29) is 12.5 Å². The van der Waals surface area contributed by atoms with Crippen molar-refractivity contribution < 1.29 is 18.7 Å². The van der Waals surface area contributed by atoms with Crippen molar-refractivity contribution in [2.75, 3.05) is 26.4 Å². The van der Waals surface area contributed by atoms with E-state index in [0.29, 0.717) is 38.6 Å². The highest BCUT2D eigenvalue weighted by Crippen LogP contribution is 2.17. The van der Waals surface area contributed by atoms with Gasteiger partial charge in [-0.05, 0) is 43.8 Å². The monoisotopic (exact) mass is 466 g/mol. The second-order valence-corrected chi connectivity index (χ2v) is 8.40. The van der Waals surface area contributed by atoms with E-state index < -0.39 is 0 Å². The standard InChI is InChI=1S/C26H31N2O4P/c1-4-30-26(29)18-28(16-21-8-6-5-7-9-21)17-22-10-12-23(13-11-22)31-15-14-24-20(2)32-25(27-24)19-33-3/h5-13,19H,4,14-18H2,1-3H3. The highest BCUT2D eigenvalue weighted by Gasteiger charge is 2.13. The maximum Gasteiger partial charge on any atom is 0.320 e. The van der Waals surface area contributed by atoms with E-state index in [1.807, 2.05) is 68.8 Å². The Kier molecular flexibility index (Phi) is 9.67. The zero-order valence-electron chi connectivity index (χ0n) is 19.5. The Labute approximate surface area is 197 Å². The molecule has 2 aromatic carbocycles. The van der Waals surface area contributed by atoms with E-state index >= 15 is 0 Å². The van der Waals surface area contributed by atoms with Crippen molar-refractivity contribution in [2.24, 2.45) is 0 Å². The Morgan fingerprint density at radius 2 is 1.79 bits per heavy atom. The highest BCUT2D eigenvalue weighted by molar-refractivity contribution is 7.38. The van der Waals surface area contributed by atoms with Gasteiger partial charge in [0.1, 0.15) is 11.5 Å². The fourth-order valence-corrected chi connectivity index (χ4v) is 3.79. The van der Waals surface area contributed by atoms with Gasteiger partial charge in [0.2, 0.25) is 5.89 Å². The van der Waals surface area contributed by atoms with Gasteiger partial charge in [-0.15, -0.1) is 8.20 Å². The van der Waals surface area contributed by atoms with Crippen LogP contribution in [0.2, 0.25) is 0 Å². The molecule has 1 aromatic heterocycles. The summed E-state index contributed by atoms with van der Waals surface area (Å²) in [5.41, 5.74) is 3.19. The van der Waals surface area contributed by atoms with Crippen molar-refractivity contribution in [2.45, 2.75) is 33.4 Å². The van der Waals surface area contributed by atoms with E-state index in [9.17, 15) is 4.79 Å². The zero-order chi connectivity index (χ0) is 23.5. The van der Waals surface area contributed by atoms with Gasteiger partial charge in [0, 0.05) is 25.3 Å². The molecule has 0 unspecified atom stereocenters. The first-order chi connectivity index (χ1) is 16.1. The number of hydrogen-bond acceptors (Lipinski definition) is 6. The van der Waals surface area contributed by atoms with Crippen LogP contribution in [0.25, 0.3) is 0 Å². The number of aromatic nitrogens is 1.